The average molecular weight is 338 g/mol. The number of rotatable bonds is 11. The molecule has 2 atom stereocenters. The molecule has 0 fully saturated rings. The fourth-order valence-electron chi connectivity index (χ4n) is 2.17. The van der Waals surface area contributed by atoms with Gasteiger partial charge in [-0.05, 0) is 45.4 Å². The molecule has 1 aromatic rings. The minimum atomic E-state index is -0.903. The van der Waals surface area contributed by atoms with Crippen molar-refractivity contribution in [2.24, 2.45) is 5.73 Å². The van der Waals surface area contributed by atoms with E-state index in [1.807, 2.05) is 30.3 Å². The van der Waals surface area contributed by atoms with Crippen LogP contribution in [0.4, 0.5) is 0 Å². The molecule has 1 amide bonds. The summed E-state index contributed by atoms with van der Waals surface area (Å²) in [5.41, 5.74) is 4.71. The highest BCUT2D eigenvalue weighted by molar-refractivity contribution is 5.84. The third-order valence-corrected chi connectivity index (χ3v) is 4.00. The van der Waals surface area contributed by atoms with Gasteiger partial charge in [-0.2, -0.15) is 0 Å². The minimum Gasteiger partial charge on any atom is -0.491 e. The average Bonchev–Trinajstić information content (AvgIpc) is 2.60. The van der Waals surface area contributed by atoms with Crippen LogP contribution in [-0.2, 0) is 14.3 Å². The molecule has 1 unspecified atom stereocenters. The van der Waals surface area contributed by atoms with Gasteiger partial charge in [0.2, 0.25) is 0 Å². The Hall–Kier alpha value is -1.63. The lowest BCUT2D eigenvalue weighted by Gasteiger charge is -2.30. The van der Waals surface area contributed by atoms with Crippen molar-refractivity contribution in [3.8, 4) is 5.75 Å². The molecule has 0 saturated heterocycles. The molecule has 0 aromatic heterocycles. The van der Waals surface area contributed by atoms with Crippen molar-refractivity contribution in [2.45, 2.75) is 44.4 Å². The van der Waals surface area contributed by atoms with E-state index in [0.29, 0.717) is 19.6 Å². The van der Waals surface area contributed by atoms with Crippen LogP contribution < -0.4 is 15.8 Å². The molecule has 3 N–H and O–H groups in total. The molecule has 0 bridgehead atoms. The van der Waals surface area contributed by atoms with Gasteiger partial charge >= 0.3 is 0 Å². The van der Waals surface area contributed by atoms with Crippen LogP contribution in [0.5, 0.6) is 5.75 Å². The normalized spacial score (nSPS) is 14.0. The lowest BCUT2D eigenvalue weighted by Crippen LogP contribution is -2.53. The van der Waals surface area contributed by atoms with Gasteiger partial charge in [0, 0.05) is 14.2 Å². The second kappa shape index (κ2) is 10.3. The second-order valence-electron chi connectivity index (χ2n) is 6.12. The predicted molar refractivity (Wildman–Crippen MR) is 94.0 cm³/mol. The zero-order valence-corrected chi connectivity index (χ0v) is 15.1. The molecule has 0 heterocycles. The Morgan fingerprint density at radius 3 is 2.46 bits per heavy atom. The topological polar surface area (TPSA) is 82.8 Å². The van der Waals surface area contributed by atoms with Gasteiger partial charge in [0.1, 0.15) is 24.1 Å². The van der Waals surface area contributed by atoms with Crippen LogP contribution in [0.1, 0.15) is 26.7 Å². The van der Waals surface area contributed by atoms with E-state index in [-0.39, 0.29) is 18.1 Å². The highest BCUT2D eigenvalue weighted by Crippen LogP contribution is 2.14. The number of hydrogen-bond acceptors (Lipinski definition) is 5. The predicted octanol–water partition coefficient (Wildman–Crippen LogP) is 1.73. The van der Waals surface area contributed by atoms with Crippen molar-refractivity contribution in [3.05, 3.63) is 30.3 Å². The molecule has 24 heavy (non-hydrogen) atoms. The SMILES string of the molecule is COC(COc1ccccc1)[C@H](CCCN)NC(=O)C(C)(C)OC. The van der Waals surface area contributed by atoms with Gasteiger partial charge in [0.25, 0.3) is 5.91 Å². The maximum atomic E-state index is 12.4. The van der Waals surface area contributed by atoms with E-state index in [1.54, 1.807) is 21.0 Å². The molecule has 1 rings (SSSR count). The number of carbonyl (C=O) groups is 1. The van der Waals surface area contributed by atoms with Crippen LogP contribution in [0.2, 0.25) is 0 Å². The summed E-state index contributed by atoms with van der Waals surface area (Å²) >= 11 is 0. The third kappa shape index (κ3) is 6.47. The summed E-state index contributed by atoms with van der Waals surface area (Å²) in [6.45, 7) is 4.34. The molecular weight excluding hydrogens is 308 g/mol. The zero-order chi connectivity index (χ0) is 18.0. The summed E-state index contributed by atoms with van der Waals surface area (Å²) in [4.78, 5) is 12.4. The Bertz CT molecular complexity index is 479. The van der Waals surface area contributed by atoms with Crippen molar-refractivity contribution in [1.82, 2.24) is 5.32 Å². The highest BCUT2D eigenvalue weighted by Gasteiger charge is 2.31. The molecule has 136 valence electrons. The summed E-state index contributed by atoms with van der Waals surface area (Å²) in [6.07, 6.45) is 1.20. The second-order valence-corrected chi connectivity index (χ2v) is 6.12. The van der Waals surface area contributed by atoms with E-state index in [2.05, 4.69) is 5.32 Å². The number of nitrogens with two attached hydrogens (primary N) is 1. The summed E-state index contributed by atoms with van der Waals surface area (Å²) in [6, 6.07) is 9.31. The first-order chi connectivity index (χ1) is 11.4. The number of methoxy groups -OCH3 is 2. The number of ether oxygens (including phenoxy) is 3. The Morgan fingerprint density at radius 1 is 1.25 bits per heavy atom. The van der Waals surface area contributed by atoms with E-state index in [0.717, 1.165) is 12.2 Å². The van der Waals surface area contributed by atoms with Crippen molar-refractivity contribution in [1.29, 1.82) is 0 Å². The molecule has 0 aliphatic heterocycles. The molecule has 0 radical (unpaired) electrons. The molecule has 0 aliphatic carbocycles. The standard InChI is InChI=1S/C18H30N2O4/c1-18(2,23-4)17(21)20-15(11-8-12-19)16(22-3)13-24-14-9-6-5-7-10-14/h5-7,9-10,15-16H,8,11-13,19H2,1-4H3,(H,20,21)/t15-,16?/m0/s1. The molecule has 0 spiro atoms. The third-order valence-electron chi connectivity index (χ3n) is 4.00. The largest absolute Gasteiger partial charge is 0.491 e. The summed E-state index contributed by atoms with van der Waals surface area (Å²) in [7, 11) is 3.13. The maximum Gasteiger partial charge on any atom is 0.251 e. The number of carbonyl (C=O) groups excluding carboxylic acids is 1. The van der Waals surface area contributed by atoms with Crippen molar-refractivity contribution >= 4 is 5.91 Å². The number of hydrogen-bond donors (Lipinski definition) is 2. The van der Waals surface area contributed by atoms with Crippen LogP contribution in [0.3, 0.4) is 0 Å². The van der Waals surface area contributed by atoms with Crippen LogP contribution in [-0.4, -0.2) is 51.0 Å². The van der Waals surface area contributed by atoms with Gasteiger partial charge in [-0.15, -0.1) is 0 Å². The minimum absolute atomic E-state index is 0.186. The summed E-state index contributed by atoms with van der Waals surface area (Å²) < 4.78 is 16.6. The van der Waals surface area contributed by atoms with E-state index >= 15 is 0 Å². The maximum absolute atomic E-state index is 12.4. The molecule has 6 heteroatoms. The van der Waals surface area contributed by atoms with Crippen molar-refractivity contribution in [2.75, 3.05) is 27.4 Å². The Labute approximate surface area is 144 Å². The Morgan fingerprint density at radius 2 is 1.92 bits per heavy atom. The summed E-state index contributed by atoms with van der Waals surface area (Å²) in [5, 5.41) is 3.01. The van der Waals surface area contributed by atoms with Gasteiger partial charge in [-0.1, -0.05) is 18.2 Å². The summed E-state index contributed by atoms with van der Waals surface area (Å²) in [5.74, 6) is 0.578. The van der Waals surface area contributed by atoms with Crippen LogP contribution >= 0.6 is 0 Å². The van der Waals surface area contributed by atoms with Gasteiger partial charge in [0.15, 0.2) is 0 Å². The lowest BCUT2D eigenvalue weighted by atomic mass is 10.0. The van der Waals surface area contributed by atoms with Gasteiger partial charge in [0.05, 0.1) is 6.04 Å². The van der Waals surface area contributed by atoms with Crippen LogP contribution in [0.25, 0.3) is 0 Å². The molecule has 1 aromatic carbocycles. The monoisotopic (exact) mass is 338 g/mol. The quantitative estimate of drug-likeness (QED) is 0.642. The Balaban J connectivity index is 2.73. The molecule has 0 aliphatic rings. The molecular formula is C18H30N2O4. The first-order valence-corrected chi connectivity index (χ1v) is 8.21. The number of amides is 1. The van der Waals surface area contributed by atoms with Gasteiger partial charge < -0.3 is 25.3 Å². The number of nitrogens with one attached hydrogen (secondary N) is 1. The fraction of sp³-hybridized carbons (Fsp3) is 0.611. The van der Waals surface area contributed by atoms with Crippen LogP contribution in [0, 0.1) is 0 Å². The zero-order valence-electron chi connectivity index (χ0n) is 15.1. The van der Waals surface area contributed by atoms with Crippen molar-refractivity contribution in [3.63, 3.8) is 0 Å². The van der Waals surface area contributed by atoms with Gasteiger partial charge in [-0.3, -0.25) is 4.79 Å². The highest BCUT2D eigenvalue weighted by atomic mass is 16.5. The van der Waals surface area contributed by atoms with E-state index in [4.69, 9.17) is 19.9 Å². The van der Waals surface area contributed by atoms with E-state index < -0.39 is 5.60 Å². The first kappa shape index (κ1) is 20.4. The number of para-hydroxylation sites is 1. The molecule has 0 saturated carbocycles. The van der Waals surface area contributed by atoms with Crippen LogP contribution in [0.15, 0.2) is 30.3 Å². The molecule has 6 nitrogen and oxygen atoms in total. The van der Waals surface area contributed by atoms with Crippen molar-refractivity contribution < 1.29 is 19.0 Å². The fourth-order valence-corrected chi connectivity index (χ4v) is 2.17. The lowest BCUT2D eigenvalue weighted by molar-refractivity contribution is -0.141. The number of benzene rings is 1. The first-order valence-electron chi connectivity index (χ1n) is 8.21. The van der Waals surface area contributed by atoms with E-state index in [9.17, 15) is 4.79 Å². The van der Waals surface area contributed by atoms with Gasteiger partial charge in [-0.25, -0.2) is 0 Å². The van der Waals surface area contributed by atoms with E-state index in [1.165, 1.54) is 7.11 Å². The Kier molecular flexibility index (Phi) is 8.74. The smallest absolute Gasteiger partial charge is 0.251 e.